The zero-order chi connectivity index (χ0) is 14.1. The largest absolute Gasteiger partial charge is 0.480 e. The van der Waals surface area contributed by atoms with Crippen LogP contribution in [0.1, 0.15) is 12.8 Å². The van der Waals surface area contributed by atoms with Crippen molar-refractivity contribution >= 4 is 11.8 Å². The van der Waals surface area contributed by atoms with Crippen molar-refractivity contribution in [1.82, 2.24) is 0 Å². The van der Waals surface area contributed by atoms with Crippen molar-refractivity contribution in [1.29, 1.82) is 0 Å². The minimum atomic E-state index is -4.65. The molecule has 1 rings (SSSR count). The van der Waals surface area contributed by atoms with Crippen molar-refractivity contribution in [3.8, 4) is 0 Å². The average Bonchev–Trinajstić information content (AvgIpc) is 2.50. The average molecular weight is 269 g/mol. The number of nitrogens with zero attached hydrogens (tertiary/aromatic N) is 1. The number of halogens is 3. The Kier molecular flexibility index (Phi) is 4.17. The normalized spacial score (nSPS) is 30.1. The molecular formula is C9H14F3N3O3. The first kappa shape index (κ1) is 14.7. The molecule has 0 radical (unpaired) electrons. The highest BCUT2D eigenvalue weighted by molar-refractivity contribution is 5.87. The molecule has 1 heterocycles. The van der Waals surface area contributed by atoms with Gasteiger partial charge in [0.2, 0.25) is 0 Å². The maximum absolute atomic E-state index is 12.7. The summed E-state index contributed by atoms with van der Waals surface area (Å²) in [6.07, 6.45) is -6.90. The second kappa shape index (κ2) is 5.11. The van der Waals surface area contributed by atoms with E-state index in [2.05, 4.69) is 4.99 Å². The molecule has 1 aliphatic heterocycles. The van der Waals surface area contributed by atoms with Crippen molar-refractivity contribution in [2.75, 3.05) is 0 Å². The summed E-state index contributed by atoms with van der Waals surface area (Å²) in [5, 5.41) is 17.8. The lowest BCUT2D eigenvalue weighted by atomic mass is 9.92. The standard InChI is InChI=1S/C9H14F3N3O3/c10-9(11,12)5-4(15-7(14)6(5)16)2-1-3(13)8(17)18/h3-6,16H,1-2,13H2,(H2,14,15)(H,17,18). The molecule has 4 atom stereocenters. The van der Waals surface area contributed by atoms with Gasteiger partial charge in [-0.15, -0.1) is 0 Å². The lowest BCUT2D eigenvalue weighted by Gasteiger charge is -2.23. The molecule has 0 spiro atoms. The van der Waals surface area contributed by atoms with E-state index >= 15 is 0 Å². The van der Waals surface area contributed by atoms with Gasteiger partial charge >= 0.3 is 12.1 Å². The van der Waals surface area contributed by atoms with Crippen LogP contribution in [0.5, 0.6) is 0 Å². The van der Waals surface area contributed by atoms with E-state index in [4.69, 9.17) is 16.6 Å². The van der Waals surface area contributed by atoms with E-state index in [-0.39, 0.29) is 12.8 Å². The van der Waals surface area contributed by atoms with Crippen LogP contribution in [0.3, 0.4) is 0 Å². The molecule has 0 saturated carbocycles. The molecule has 6 nitrogen and oxygen atoms in total. The van der Waals surface area contributed by atoms with Gasteiger partial charge in [0, 0.05) is 0 Å². The molecule has 9 heteroatoms. The molecule has 0 bridgehead atoms. The Hall–Kier alpha value is -1.35. The van der Waals surface area contributed by atoms with E-state index < -0.39 is 42.1 Å². The highest BCUT2D eigenvalue weighted by Crippen LogP contribution is 2.38. The summed E-state index contributed by atoms with van der Waals surface area (Å²) in [6, 6.07) is -2.54. The van der Waals surface area contributed by atoms with Crippen LogP contribution >= 0.6 is 0 Å². The first-order valence-corrected chi connectivity index (χ1v) is 5.21. The predicted molar refractivity (Wildman–Crippen MR) is 55.8 cm³/mol. The monoisotopic (exact) mass is 269 g/mol. The summed E-state index contributed by atoms with van der Waals surface area (Å²) in [5.74, 6) is -3.88. The molecule has 104 valence electrons. The number of amidine groups is 1. The van der Waals surface area contributed by atoms with Crippen molar-refractivity contribution in [3.05, 3.63) is 0 Å². The molecule has 4 unspecified atom stereocenters. The van der Waals surface area contributed by atoms with Gasteiger partial charge < -0.3 is 21.7 Å². The molecule has 0 amide bonds. The van der Waals surface area contributed by atoms with Crippen molar-refractivity contribution in [2.24, 2.45) is 22.4 Å². The number of rotatable bonds is 4. The first-order valence-electron chi connectivity index (χ1n) is 5.21. The zero-order valence-electron chi connectivity index (χ0n) is 9.26. The number of nitrogens with two attached hydrogens (primary N) is 2. The lowest BCUT2D eigenvalue weighted by molar-refractivity contribution is -0.193. The quantitative estimate of drug-likeness (QED) is 0.546. The second-order valence-corrected chi connectivity index (χ2v) is 4.16. The second-order valence-electron chi connectivity index (χ2n) is 4.16. The molecular weight excluding hydrogens is 255 g/mol. The number of aliphatic carboxylic acids is 1. The van der Waals surface area contributed by atoms with Crippen LogP contribution in [0, 0.1) is 5.92 Å². The van der Waals surface area contributed by atoms with Gasteiger partial charge in [-0.2, -0.15) is 13.2 Å². The van der Waals surface area contributed by atoms with Crippen molar-refractivity contribution in [3.63, 3.8) is 0 Å². The van der Waals surface area contributed by atoms with E-state index in [0.29, 0.717) is 0 Å². The number of hydrogen-bond donors (Lipinski definition) is 4. The molecule has 0 saturated heterocycles. The van der Waals surface area contributed by atoms with Crippen LogP contribution in [-0.4, -0.2) is 46.4 Å². The van der Waals surface area contributed by atoms with Gasteiger partial charge in [-0.1, -0.05) is 0 Å². The highest BCUT2D eigenvalue weighted by Gasteiger charge is 2.53. The van der Waals surface area contributed by atoms with Crippen LogP contribution in [-0.2, 0) is 4.79 Å². The Bertz CT molecular complexity index is 359. The summed E-state index contributed by atoms with van der Waals surface area (Å²) in [7, 11) is 0. The number of aliphatic hydroxyl groups is 1. The summed E-state index contributed by atoms with van der Waals surface area (Å²) in [6.45, 7) is 0. The summed E-state index contributed by atoms with van der Waals surface area (Å²) in [4.78, 5) is 14.0. The molecule has 0 aliphatic carbocycles. The fourth-order valence-electron chi connectivity index (χ4n) is 1.86. The van der Waals surface area contributed by atoms with Gasteiger partial charge in [-0.3, -0.25) is 9.79 Å². The SMILES string of the molecule is NC1=NC(CCC(N)C(=O)O)C(C(F)(F)F)C1O. The van der Waals surface area contributed by atoms with E-state index in [0.717, 1.165) is 0 Å². The van der Waals surface area contributed by atoms with Gasteiger partial charge in [0.1, 0.15) is 23.9 Å². The van der Waals surface area contributed by atoms with Gasteiger partial charge in [0.15, 0.2) is 0 Å². The highest BCUT2D eigenvalue weighted by atomic mass is 19.4. The molecule has 0 fully saturated rings. The maximum atomic E-state index is 12.7. The van der Waals surface area contributed by atoms with Gasteiger partial charge in [0.25, 0.3) is 0 Å². The minimum Gasteiger partial charge on any atom is -0.480 e. The first-order chi connectivity index (χ1) is 8.14. The van der Waals surface area contributed by atoms with E-state index in [1.165, 1.54) is 0 Å². The Balaban J connectivity index is 2.71. The van der Waals surface area contributed by atoms with Gasteiger partial charge in [-0.25, -0.2) is 0 Å². The summed E-state index contributed by atoms with van der Waals surface area (Å²) >= 11 is 0. The Morgan fingerprint density at radius 1 is 1.50 bits per heavy atom. The van der Waals surface area contributed by atoms with E-state index in [9.17, 15) is 23.1 Å². The van der Waals surface area contributed by atoms with Gasteiger partial charge in [-0.05, 0) is 12.8 Å². The van der Waals surface area contributed by atoms with E-state index in [1.807, 2.05) is 0 Å². The number of aliphatic hydroxyl groups excluding tert-OH is 1. The zero-order valence-corrected chi connectivity index (χ0v) is 9.26. The Labute approximate surface area is 100 Å². The third kappa shape index (κ3) is 3.10. The third-order valence-electron chi connectivity index (χ3n) is 2.84. The smallest absolute Gasteiger partial charge is 0.396 e. The number of carbonyl (C=O) groups is 1. The maximum Gasteiger partial charge on any atom is 0.396 e. The van der Waals surface area contributed by atoms with Crippen molar-refractivity contribution in [2.45, 2.75) is 37.2 Å². The molecule has 18 heavy (non-hydrogen) atoms. The molecule has 1 aliphatic rings. The number of hydrogen-bond acceptors (Lipinski definition) is 5. The summed E-state index contributed by atoms with van der Waals surface area (Å²) in [5.41, 5.74) is 10.4. The van der Waals surface area contributed by atoms with Crippen LogP contribution in [0.4, 0.5) is 13.2 Å². The fraction of sp³-hybridized carbons (Fsp3) is 0.778. The lowest BCUT2D eigenvalue weighted by Crippen LogP contribution is -2.42. The van der Waals surface area contributed by atoms with Crippen LogP contribution < -0.4 is 11.5 Å². The van der Waals surface area contributed by atoms with Crippen LogP contribution in [0.2, 0.25) is 0 Å². The van der Waals surface area contributed by atoms with Crippen LogP contribution in [0.25, 0.3) is 0 Å². The third-order valence-corrected chi connectivity index (χ3v) is 2.84. The number of aliphatic imine (C=N–C) groups is 1. The fourth-order valence-corrected chi connectivity index (χ4v) is 1.86. The number of carboxylic acid groups (broad SMARTS) is 1. The molecule has 6 N–H and O–H groups in total. The predicted octanol–water partition coefficient (Wildman–Crippen LogP) is -0.543. The topological polar surface area (TPSA) is 122 Å². The van der Waals surface area contributed by atoms with Crippen LogP contribution in [0.15, 0.2) is 4.99 Å². The van der Waals surface area contributed by atoms with Gasteiger partial charge in [0.05, 0.1) is 6.04 Å². The van der Waals surface area contributed by atoms with Crippen molar-refractivity contribution < 1.29 is 28.2 Å². The summed E-state index contributed by atoms with van der Waals surface area (Å²) < 4.78 is 38.0. The van der Waals surface area contributed by atoms with E-state index in [1.54, 1.807) is 0 Å². The molecule has 0 aromatic heterocycles. The Morgan fingerprint density at radius 3 is 2.50 bits per heavy atom. The Morgan fingerprint density at radius 2 is 2.06 bits per heavy atom. The molecule has 0 aromatic rings. The number of alkyl halides is 3. The minimum absolute atomic E-state index is 0.171. The number of carboxylic acids is 1. The molecule has 0 aromatic carbocycles.